The van der Waals surface area contributed by atoms with Gasteiger partial charge in [-0.15, -0.1) is 0 Å². The van der Waals surface area contributed by atoms with E-state index in [2.05, 4.69) is 6.08 Å². The van der Waals surface area contributed by atoms with Gasteiger partial charge in [0.2, 0.25) is 6.79 Å². The van der Waals surface area contributed by atoms with Crippen molar-refractivity contribution in [1.82, 2.24) is 0 Å². The van der Waals surface area contributed by atoms with Gasteiger partial charge in [-0.25, -0.2) is 0 Å². The number of fused-ring (bicyclic) bond motifs is 1. The van der Waals surface area contributed by atoms with Crippen molar-refractivity contribution in [2.45, 2.75) is 6.42 Å². The highest BCUT2D eigenvalue weighted by atomic mass is 16.7. The fourth-order valence-corrected chi connectivity index (χ4v) is 0.998. The summed E-state index contributed by atoms with van der Waals surface area (Å²) in [5, 5.41) is 0. The van der Waals surface area contributed by atoms with E-state index < -0.39 is 0 Å². The first-order valence-corrected chi connectivity index (χ1v) is 3.30. The van der Waals surface area contributed by atoms with Crippen molar-refractivity contribution in [2.24, 2.45) is 0 Å². The largest absolute Gasteiger partial charge is 0.454 e. The summed E-state index contributed by atoms with van der Waals surface area (Å²) < 4.78 is 10.3. The molecule has 0 atom stereocenters. The highest BCUT2D eigenvalue weighted by Crippen LogP contribution is 2.22. The fraction of sp³-hybridized carbons (Fsp3) is 0.250. The van der Waals surface area contributed by atoms with Crippen LogP contribution in [0.3, 0.4) is 0 Å². The molecule has 0 spiro atoms. The second-order valence-electron chi connectivity index (χ2n) is 2.17. The van der Waals surface area contributed by atoms with Crippen molar-refractivity contribution < 1.29 is 9.47 Å². The van der Waals surface area contributed by atoms with Gasteiger partial charge in [0.1, 0.15) is 0 Å². The maximum Gasteiger partial charge on any atom is 0.231 e. The van der Waals surface area contributed by atoms with E-state index in [0.717, 1.165) is 17.9 Å². The Bertz CT molecular complexity index is 223. The van der Waals surface area contributed by atoms with E-state index in [4.69, 9.17) is 9.47 Å². The molecule has 2 aliphatic rings. The Morgan fingerprint density at radius 3 is 3.10 bits per heavy atom. The molecule has 0 N–H and O–H groups in total. The number of allylic oxidation sites excluding steroid dienone is 4. The minimum Gasteiger partial charge on any atom is -0.454 e. The molecule has 0 aromatic heterocycles. The third-order valence-corrected chi connectivity index (χ3v) is 1.49. The Morgan fingerprint density at radius 1 is 1.20 bits per heavy atom. The molecule has 1 fully saturated rings. The van der Waals surface area contributed by atoms with Crippen LogP contribution in [0.25, 0.3) is 0 Å². The molecule has 0 saturated carbocycles. The smallest absolute Gasteiger partial charge is 0.231 e. The highest BCUT2D eigenvalue weighted by Gasteiger charge is 2.15. The minimum atomic E-state index is 0.367. The molecule has 0 radical (unpaired) electrons. The second kappa shape index (κ2) is 2.21. The van der Waals surface area contributed by atoms with Gasteiger partial charge >= 0.3 is 0 Å². The van der Waals surface area contributed by atoms with Crippen LogP contribution in [-0.2, 0) is 9.47 Å². The molecule has 1 aliphatic heterocycles. The number of hydrogen-bond acceptors (Lipinski definition) is 2. The summed E-state index contributed by atoms with van der Waals surface area (Å²) in [4.78, 5) is 0. The first-order valence-electron chi connectivity index (χ1n) is 3.30. The van der Waals surface area contributed by atoms with Gasteiger partial charge in [-0.2, -0.15) is 0 Å². The molecule has 52 valence electrons. The Hall–Kier alpha value is -1.18. The quantitative estimate of drug-likeness (QED) is 0.504. The third-order valence-electron chi connectivity index (χ3n) is 1.49. The lowest BCUT2D eigenvalue weighted by Crippen LogP contribution is -1.78. The average Bonchev–Trinajstić information content (AvgIpc) is 2.28. The molecule has 0 aromatic carbocycles. The van der Waals surface area contributed by atoms with Crippen LogP contribution in [0.5, 0.6) is 0 Å². The van der Waals surface area contributed by atoms with Gasteiger partial charge in [-0.3, -0.25) is 0 Å². The zero-order valence-corrected chi connectivity index (χ0v) is 5.54. The van der Waals surface area contributed by atoms with Crippen molar-refractivity contribution in [3.63, 3.8) is 0 Å². The summed E-state index contributed by atoms with van der Waals surface area (Å²) in [6, 6.07) is 0. The zero-order chi connectivity index (χ0) is 6.81. The van der Waals surface area contributed by atoms with Gasteiger partial charge in [0.15, 0.2) is 11.5 Å². The predicted molar refractivity (Wildman–Crippen MR) is 37.0 cm³/mol. The van der Waals surface area contributed by atoms with E-state index in [9.17, 15) is 0 Å². The van der Waals surface area contributed by atoms with Gasteiger partial charge < -0.3 is 9.47 Å². The minimum absolute atomic E-state index is 0.367. The van der Waals surface area contributed by atoms with Crippen molar-refractivity contribution in [3.8, 4) is 0 Å². The number of hydrogen-bond donors (Lipinski definition) is 0. The van der Waals surface area contributed by atoms with Crippen LogP contribution in [0.1, 0.15) is 6.42 Å². The van der Waals surface area contributed by atoms with Crippen molar-refractivity contribution in [1.29, 1.82) is 0 Å². The van der Waals surface area contributed by atoms with Crippen LogP contribution in [-0.4, -0.2) is 6.79 Å². The zero-order valence-electron chi connectivity index (χ0n) is 5.54. The van der Waals surface area contributed by atoms with Crippen LogP contribution in [0.4, 0.5) is 0 Å². The Kier molecular flexibility index (Phi) is 1.24. The summed E-state index contributed by atoms with van der Waals surface area (Å²) in [5.41, 5.74) is 0. The maximum atomic E-state index is 5.17. The summed E-state index contributed by atoms with van der Waals surface area (Å²) in [6.07, 6.45) is 8.91. The molecule has 0 amide bonds. The first kappa shape index (κ1) is 5.59. The number of rotatable bonds is 0. The fourth-order valence-electron chi connectivity index (χ4n) is 0.998. The summed E-state index contributed by atoms with van der Waals surface area (Å²) in [5.74, 6) is 1.73. The molecule has 2 nitrogen and oxygen atoms in total. The van der Waals surface area contributed by atoms with Crippen LogP contribution < -0.4 is 0 Å². The van der Waals surface area contributed by atoms with E-state index in [0.29, 0.717) is 6.79 Å². The lowest BCUT2D eigenvalue weighted by Gasteiger charge is -1.90. The van der Waals surface area contributed by atoms with Crippen molar-refractivity contribution in [3.05, 3.63) is 35.8 Å². The van der Waals surface area contributed by atoms with Crippen LogP contribution in [0.2, 0.25) is 0 Å². The van der Waals surface area contributed by atoms with E-state index in [1.807, 2.05) is 18.2 Å². The SMILES string of the molecule is C1=CCC=C2OCOC2=C1. The number of ether oxygens (including phenoxy) is 2. The molecule has 0 unspecified atom stereocenters. The van der Waals surface area contributed by atoms with Gasteiger partial charge in [0.05, 0.1) is 0 Å². The third kappa shape index (κ3) is 0.817. The lowest BCUT2D eigenvalue weighted by atomic mass is 10.3. The molecule has 0 aromatic rings. The van der Waals surface area contributed by atoms with E-state index in [-0.39, 0.29) is 0 Å². The standard InChI is InChI=1S/C8H8O2/c1-2-4-7-8(5-3-1)10-6-9-7/h1-2,4-5H,3,6H2. The molecule has 2 heteroatoms. The van der Waals surface area contributed by atoms with E-state index in [1.54, 1.807) is 0 Å². The van der Waals surface area contributed by atoms with Gasteiger partial charge in [0.25, 0.3) is 0 Å². The molecule has 10 heavy (non-hydrogen) atoms. The van der Waals surface area contributed by atoms with Crippen molar-refractivity contribution in [2.75, 3.05) is 6.79 Å². The Balaban J connectivity index is 2.34. The normalized spacial score (nSPS) is 21.6. The van der Waals surface area contributed by atoms with Crippen LogP contribution in [0.15, 0.2) is 35.8 Å². The molecule has 1 saturated heterocycles. The monoisotopic (exact) mass is 136 g/mol. The highest BCUT2D eigenvalue weighted by molar-refractivity contribution is 5.29. The van der Waals surface area contributed by atoms with Gasteiger partial charge in [-0.05, 0) is 18.6 Å². The van der Waals surface area contributed by atoms with E-state index in [1.165, 1.54) is 0 Å². The summed E-state index contributed by atoms with van der Waals surface area (Å²) in [7, 11) is 0. The van der Waals surface area contributed by atoms with Gasteiger partial charge in [-0.1, -0.05) is 12.2 Å². The predicted octanol–water partition coefficient (Wildman–Crippen LogP) is 1.72. The summed E-state index contributed by atoms with van der Waals surface area (Å²) in [6.45, 7) is 0.367. The molecule has 1 heterocycles. The van der Waals surface area contributed by atoms with Crippen LogP contribution >= 0.6 is 0 Å². The topological polar surface area (TPSA) is 18.5 Å². The summed E-state index contributed by atoms with van der Waals surface area (Å²) >= 11 is 0. The Morgan fingerprint density at radius 2 is 2.10 bits per heavy atom. The van der Waals surface area contributed by atoms with Crippen molar-refractivity contribution >= 4 is 0 Å². The first-order chi connectivity index (χ1) is 4.97. The molecular weight excluding hydrogens is 128 g/mol. The molecule has 1 aliphatic carbocycles. The van der Waals surface area contributed by atoms with Gasteiger partial charge in [0, 0.05) is 0 Å². The molecule has 0 bridgehead atoms. The average molecular weight is 136 g/mol. The lowest BCUT2D eigenvalue weighted by molar-refractivity contribution is 0.0974. The second-order valence-corrected chi connectivity index (χ2v) is 2.17. The maximum absolute atomic E-state index is 5.17. The molecular formula is C8H8O2. The Labute approximate surface area is 59.4 Å². The van der Waals surface area contributed by atoms with E-state index >= 15 is 0 Å². The molecule has 2 rings (SSSR count). The van der Waals surface area contributed by atoms with Crippen LogP contribution in [0, 0.1) is 0 Å².